The van der Waals surface area contributed by atoms with E-state index in [9.17, 15) is 0 Å². The molecule has 0 radical (unpaired) electrons. The SMILES string of the molecule is CN=C(NCCc1ccccc1)NCC(c1ccc(OC)cc1)N1CCOCC1.I. The number of halogens is 1. The smallest absolute Gasteiger partial charge is 0.191 e. The van der Waals surface area contributed by atoms with Gasteiger partial charge in [-0.15, -0.1) is 24.0 Å². The maximum absolute atomic E-state index is 5.55. The Bertz CT molecular complexity index is 750. The van der Waals surface area contributed by atoms with Crippen molar-refractivity contribution in [2.24, 2.45) is 4.99 Å². The summed E-state index contributed by atoms with van der Waals surface area (Å²) in [5.41, 5.74) is 2.58. The molecule has 1 saturated heterocycles. The monoisotopic (exact) mass is 524 g/mol. The number of aliphatic imine (C=N–C) groups is 1. The van der Waals surface area contributed by atoms with Gasteiger partial charge >= 0.3 is 0 Å². The Morgan fingerprint density at radius 3 is 2.40 bits per heavy atom. The van der Waals surface area contributed by atoms with E-state index in [2.05, 4.69) is 56.9 Å². The van der Waals surface area contributed by atoms with Crippen molar-refractivity contribution in [2.45, 2.75) is 12.5 Å². The number of guanidine groups is 1. The molecule has 6 nitrogen and oxygen atoms in total. The van der Waals surface area contributed by atoms with E-state index in [0.717, 1.165) is 57.5 Å². The predicted molar refractivity (Wildman–Crippen MR) is 133 cm³/mol. The minimum Gasteiger partial charge on any atom is -0.497 e. The number of benzene rings is 2. The highest BCUT2D eigenvalue weighted by molar-refractivity contribution is 14.0. The zero-order chi connectivity index (χ0) is 20.3. The fourth-order valence-corrected chi connectivity index (χ4v) is 3.56. The zero-order valence-corrected chi connectivity index (χ0v) is 20.2. The zero-order valence-electron chi connectivity index (χ0n) is 17.8. The number of ether oxygens (including phenoxy) is 2. The van der Waals surface area contributed by atoms with Crippen LogP contribution in [0.25, 0.3) is 0 Å². The topological polar surface area (TPSA) is 58.1 Å². The van der Waals surface area contributed by atoms with E-state index in [0.29, 0.717) is 0 Å². The first-order valence-electron chi connectivity index (χ1n) is 10.2. The second-order valence-electron chi connectivity index (χ2n) is 7.05. The molecule has 1 aliphatic heterocycles. The van der Waals surface area contributed by atoms with Crippen LogP contribution in [0.2, 0.25) is 0 Å². The fourth-order valence-electron chi connectivity index (χ4n) is 3.56. The van der Waals surface area contributed by atoms with E-state index in [1.54, 1.807) is 7.11 Å². The summed E-state index contributed by atoms with van der Waals surface area (Å²) in [5.74, 6) is 1.70. The molecule has 0 aliphatic carbocycles. The summed E-state index contributed by atoms with van der Waals surface area (Å²) >= 11 is 0. The number of morpholine rings is 1. The van der Waals surface area contributed by atoms with Crippen LogP contribution in [-0.4, -0.2) is 64.4 Å². The molecule has 1 aliphatic rings. The molecule has 2 aromatic rings. The summed E-state index contributed by atoms with van der Waals surface area (Å²) in [6, 6.07) is 19.1. The van der Waals surface area contributed by atoms with E-state index in [1.807, 2.05) is 25.2 Å². The van der Waals surface area contributed by atoms with Crippen LogP contribution in [0.1, 0.15) is 17.2 Å². The summed E-state index contributed by atoms with van der Waals surface area (Å²) in [5, 5.41) is 6.93. The molecule has 2 N–H and O–H groups in total. The van der Waals surface area contributed by atoms with E-state index in [-0.39, 0.29) is 30.0 Å². The van der Waals surface area contributed by atoms with Crippen LogP contribution in [0.3, 0.4) is 0 Å². The molecule has 2 aromatic carbocycles. The summed E-state index contributed by atoms with van der Waals surface area (Å²) in [4.78, 5) is 6.86. The van der Waals surface area contributed by atoms with Gasteiger partial charge in [0, 0.05) is 33.2 Å². The molecule has 1 fully saturated rings. The lowest BCUT2D eigenvalue weighted by Crippen LogP contribution is -2.46. The van der Waals surface area contributed by atoms with Crippen molar-refractivity contribution in [1.82, 2.24) is 15.5 Å². The molecular weight excluding hydrogens is 491 g/mol. The Labute approximate surface area is 197 Å². The Balaban J connectivity index is 0.00000320. The lowest BCUT2D eigenvalue weighted by Gasteiger charge is -2.35. The van der Waals surface area contributed by atoms with Crippen molar-refractivity contribution in [3.8, 4) is 5.75 Å². The van der Waals surface area contributed by atoms with Crippen LogP contribution in [0.15, 0.2) is 59.6 Å². The standard InChI is InChI=1S/C23H32N4O2.HI/c1-24-23(25-13-12-19-6-4-3-5-7-19)26-18-22(27-14-16-29-17-15-27)20-8-10-21(28-2)11-9-20;/h3-11,22H,12-18H2,1-2H3,(H2,24,25,26);1H. The van der Waals surface area contributed by atoms with Crippen molar-refractivity contribution >= 4 is 29.9 Å². The normalized spacial score (nSPS) is 15.7. The van der Waals surface area contributed by atoms with Crippen molar-refractivity contribution in [1.29, 1.82) is 0 Å². The Kier molecular flexibility index (Phi) is 11.0. The predicted octanol–water partition coefficient (Wildman–Crippen LogP) is 3.09. The van der Waals surface area contributed by atoms with Gasteiger partial charge in [0.2, 0.25) is 0 Å². The van der Waals surface area contributed by atoms with Gasteiger partial charge < -0.3 is 20.1 Å². The van der Waals surface area contributed by atoms with E-state index in [4.69, 9.17) is 9.47 Å². The Hall–Kier alpha value is -1.84. The lowest BCUT2D eigenvalue weighted by atomic mass is 10.0. The summed E-state index contributed by atoms with van der Waals surface area (Å²) in [6.45, 7) is 5.02. The molecule has 7 heteroatoms. The Morgan fingerprint density at radius 1 is 1.07 bits per heavy atom. The van der Waals surface area contributed by atoms with E-state index >= 15 is 0 Å². The van der Waals surface area contributed by atoms with E-state index < -0.39 is 0 Å². The van der Waals surface area contributed by atoms with Crippen LogP contribution in [0.5, 0.6) is 5.75 Å². The third-order valence-electron chi connectivity index (χ3n) is 5.22. The Morgan fingerprint density at radius 2 is 1.77 bits per heavy atom. The molecule has 164 valence electrons. The molecule has 30 heavy (non-hydrogen) atoms. The first kappa shape index (κ1) is 24.4. The fraction of sp³-hybridized carbons (Fsp3) is 0.435. The maximum Gasteiger partial charge on any atom is 0.191 e. The van der Waals surface area contributed by atoms with Gasteiger partial charge in [-0.1, -0.05) is 42.5 Å². The average molecular weight is 524 g/mol. The number of rotatable bonds is 8. The van der Waals surface area contributed by atoms with E-state index in [1.165, 1.54) is 11.1 Å². The van der Waals surface area contributed by atoms with Crippen LogP contribution in [0.4, 0.5) is 0 Å². The highest BCUT2D eigenvalue weighted by atomic mass is 127. The lowest BCUT2D eigenvalue weighted by molar-refractivity contribution is 0.0170. The number of methoxy groups -OCH3 is 1. The first-order chi connectivity index (χ1) is 14.3. The second-order valence-corrected chi connectivity index (χ2v) is 7.05. The largest absolute Gasteiger partial charge is 0.497 e. The van der Waals surface area contributed by atoms with Gasteiger partial charge in [-0.05, 0) is 29.7 Å². The highest BCUT2D eigenvalue weighted by Crippen LogP contribution is 2.23. The van der Waals surface area contributed by atoms with Gasteiger partial charge in [0.25, 0.3) is 0 Å². The number of nitrogens with one attached hydrogen (secondary N) is 2. The number of hydrogen-bond donors (Lipinski definition) is 2. The minimum atomic E-state index is 0. The number of nitrogens with zero attached hydrogens (tertiary/aromatic N) is 2. The number of hydrogen-bond acceptors (Lipinski definition) is 4. The molecule has 3 rings (SSSR count). The molecule has 0 aromatic heterocycles. The summed E-state index contributed by atoms with van der Waals surface area (Å²) in [6.07, 6.45) is 0.965. The molecule has 1 heterocycles. The van der Waals surface area contributed by atoms with Gasteiger partial charge in [0.05, 0.1) is 26.4 Å². The molecule has 1 atom stereocenters. The average Bonchev–Trinajstić information content (AvgIpc) is 2.80. The van der Waals surface area contributed by atoms with Crippen LogP contribution < -0.4 is 15.4 Å². The highest BCUT2D eigenvalue weighted by Gasteiger charge is 2.23. The van der Waals surface area contributed by atoms with Crippen LogP contribution in [0, 0.1) is 0 Å². The van der Waals surface area contributed by atoms with Crippen molar-refractivity contribution in [3.05, 3.63) is 65.7 Å². The van der Waals surface area contributed by atoms with Crippen molar-refractivity contribution in [3.63, 3.8) is 0 Å². The molecule has 0 amide bonds. The third-order valence-corrected chi connectivity index (χ3v) is 5.22. The quantitative estimate of drug-likeness (QED) is 0.316. The third kappa shape index (κ3) is 7.45. The molecular formula is C23H33IN4O2. The molecule has 0 spiro atoms. The van der Waals surface area contributed by atoms with Crippen molar-refractivity contribution in [2.75, 3.05) is 53.6 Å². The molecule has 1 unspecified atom stereocenters. The van der Waals surface area contributed by atoms with Crippen LogP contribution in [-0.2, 0) is 11.2 Å². The maximum atomic E-state index is 5.55. The van der Waals surface area contributed by atoms with Crippen molar-refractivity contribution < 1.29 is 9.47 Å². The van der Waals surface area contributed by atoms with Gasteiger partial charge in [0.15, 0.2) is 5.96 Å². The van der Waals surface area contributed by atoms with Gasteiger partial charge in [0.1, 0.15) is 5.75 Å². The van der Waals surface area contributed by atoms with Gasteiger partial charge in [-0.25, -0.2) is 0 Å². The summed E-state index contributed by atoms with van der Waals surface area (Å²) < 4.78 is 10.9. The molecule has 0 bridgehead atoms. The van der Waals surface area contributed by atoms with Gasteiger partial charge in [-0.2, -0.15) is 0 Å². The second kappa shape index (κ2) is 13.5. The van der Waals surface area contributed by atoms with Gasteiger partial charge in [-0.3, -0.25) is 9.89 Å². The summed E-state index contributed by atoms with van der Waals surface area (Å²) in [7, 11) is 3.51. The first-order valence-corrected chi connectivity index (χ1v) is 10.2. The van der Waals surface area contributed by atoms with Crippen LogP contribution >= 0.6 is 24.0 Å². The minimum absolute atomic E-state index is 0. The molecule has 0 saturated carbocycles.